The first-order valence-electron chi connectivity index (χ1n) is 14.5. The van der Waals surface area contributed by atoms with Gasteiger partial charge in [-0.2, -0.15) is 0 Å². The summed E-state index contributed by atoms with van der Waals surface area (Å²) >= 11 is 0. The Morgan fingerprint density at radius 2 is 1.23 bits per heavy atom. The minimum Gasteiger partial charge on any atom is -0.493 e. The molecule has 4 aromatic rings. The van der Waals surface area contributed by atoms with Crippen molar-refractivity contribution in [3.05, 3.63) is 126 Å². The van der Waals surface area contributed by atoms with E-state index in [2.05, 4.69) is 47.5 Å². The quantitative estimate of drug-likeness (QED) is 0.103. The van der Waals surface area contributed by atoms with Crippen LogP contribution in [-0.2, 0) is 13.6 Å². The van der Waals surface area contributed by atoms with Gasteiger partial charge in [-0.05, 0) is 72.8 Å². The molecule has 218 valence electrons. The number of rotatable bonds is 12. The van der Waals surface area contributed by atoms with Crippen LogP contribution in [0.15, 0.2) is 104 Å². The van der Waals surface area contributed by atoms with Gasteiger partial charge in [-0.1, -0.05) is 23.7 Å². The molecule has 0 fully saturated rings. The number of nitrogens with zero attached hydrogens (tertiary/aromatic N) is 4. The first-order valence-corrected chi connectivity index (χ1v) is 14.5. The fraction of sp³-hybridized carbons (Fsp3) is 0.243. The van der Waals surface area contributed by atoms with Crippen molar-refractivity contribution in [3.63, 3.8) is 0 Å². The first kappa shape index (κ1) is 30.8. The fourth-order valence-corrected chi connectivity index (χ4v) is 4.03. The van der Waals surface area contributed by atoms with Crippen LogP contribution < -0.4 is 14.0 Å². The molecule has 6 nitrogen and oxygen atoms in total. The van der Waals surface area contributed by atoms with Crippen LogP contribution in [0.2, 0.25) is 0 Å². The van der Waals surface area contributed by atoms with Crippen molar-refractivity contribution in [1.29, 1.82) is 0 Å². The number of aryl methyl sites for hydroxylation is 2. The number of hydrogen-bond donors (Lipinski definition) is 0. The van der Waals surface area contributed by atoms with Crippen LogP contribution in [0.3, 0.4) is 0 Å². The summed E-state index contributed by atoms with van der Waals surface area (Å²) in [5.41, 5.74) is 3.78. The molecule has 0 aliphatic carbocycles. The van der Waals surface area contributed by atoms with E-state index < -0.39 is 0 Å². The van der Waals surface area contributed by atoms with Gasteiger partial charge in [-0.3, -0.25) is 0 Å². The summed E-state index contributed by atoms with van der Waals surface area (Å²) in [5, 5.41) is 0. The smallest absolute Gasteiger partial charge is 0.243 e. The van der Waals surface area contributed by atoms with E-state index >= 15 is 0 Å². The molecule has 1 heterocycles. The molecule has 0 aliphatic heterocycles. The molecule has 0 aliphatic rings. The van der Waals surface area contributed by atoms with Crippen LogP contribution in [0.1, 0.15) is 35.1 Å². The summed E-state index contributed by atoms with van der Waals surface area (Å²) in [6.45, 7) is 7.07. The van der Waals surface area contributed by atoms with Gasteiger partial charge in [0.25, 0.3) is 0 Å². The molecule has 4 rings (SSSR count). The SMILES string of the molecule is C=[N+](/C=C\N(C)C)CCCOc1ccc(C#Cc2ccc(C#Cc3ccc(OCCC[n+]4ccn(C)c4)cc3)cc2)cc1. The Kier molecular flexibility index (Phi) is 11.7. The Morgan fingerprint density at radius 1 is 0.767 bits per heavy atom. The van der Waals surface area contributed by atoms with Gasteiger partial charge < -0.3 is 14.4 Å². The highest BCUT2D eigenvalue weighted by molar-refractivity contribution is 5.48. The second-order valence-corrected chi connectivity index (χ2v) is 10.4. The van der Waals surface area contributed by atoms with Crippen LogP contribution in [0.5, 0.6) is 11.5 Å². The largest absolute Gasteiger partial charge is 0.493 e. The van der Waals surface area contributed by atoms with Gasteiger partial charge in [0.15, 0.2) is 12.7 Å². The summed E-state index contributed by atoms with van der Waals surface area (Å²) in [7, 11) is 6.00. The Labute approximate surface area is 256 Å². The molecule has 43 heavy (non-hydrogen) atoms. The van der Waals surface area contributed by atoms with E-state index in [1.807, 2.05) is 127 Å². The van der Waals surface area contributed by atoms with E-state index in [1.165, 1.54) is 0 Å². The zero-order valence-corrected chi connectivity index (χ0v) is 25.4. The Hall–Kier alpha value is -5.20. The van der Waals surface area contributed by atoms with Crippen molar-refractivity contribution in [2.75, 3.05) is 33.9 Å². The summed E-state index contributed by atoms with van der Waals surface area (Å²) in [6.07, 6.45) is 11.9. The number of aromatic nitrogens is 2. The average molecular weight is 573 g/mol. The predicted molar refractivity (Wildman–Crippen MR) is 172 cm³/mol. The van der Waals surface area contributed by atoms with Gasteiger partial charge in [-0.15, -0.1) is 0 Å². The molecule has 1 aromatic heterocycles. The van der Waals surface area contributed by atoms with Gasteiger partial charge in [0.05, 0.1) is 33.0 Å². The van der Waals surface area contributed by atoms with Crippen LogP contribution in [0.4, 0.5) is 0 Å². The van der Waals surface area contributed by atoms with E-state index in [4.69, 9.17) is 9.47 Å². The molecule has 3 aromatic carbocycles. The maximum Gasteiger partial charge on any atom is 0.243 e. The van der Waals surface area contributed by atoms with E-state index in [9.17, 15) is 0 Å². The zero-order chi connectivity index (χ0) is 30.3. The molecule has 0 radical (unpaired) electrons. The van der Waals surface area contributed by atoms with Gasteiger partial charge in [-0.25, -0.2) is 13.7 Å². The Balaban J connectivity index is 1.19. The molecule has 0 unspecified atom stereocenters. The number of imidazole rings is 1. The van der Waals surface area contributed by atoms with Crippen molar-refractivity contribution in [3.8, 4) is 35.2 Å². The number of hydrogen-bond acceptors (Lipinski definition) is 3. The van der Waals surface area contributed by atoms with E-state index in [0.717, 1.165) is 59.7 Å². The van der Waals surface area contributed by atoms with Gasteiger partial charge in [0.1, 0.15) is 30.6 Å². The Bertz CT molecular complexity index is 1610. The standard InChI is InChI=1S/C37H40N4O2/c1-38(2)25-26-39(3)23-5-29-42-36-19-15-34(16-20-36)13-11-32-7-9-33(10-8-32)12-14-35-17-21-37(22-18-35)43-30-6-24-41-28-27-40(4)31-41/h7-10,15-22,25-28,31H,3,5-6,23-24,29-30H2,1-2,4H3/q+2/b26-25-. The molecule has 0 saturated carbocycles. The molecule has 6 heteroatoms. The van der Waals surface area contributed by atoms with E-state index in [1.54, 1.807) is 0 Å². The molecule has 0 bridgehead atoms. The van der Waals surface area contributed by atoms with E-state index in [-0.39, 0.29) is 0 Å². The maximum atomic E-state index is 5.87. The highest BCUT2D eigenvalue weighted by Gasteiger charge is 2.01. The third-order valence-corrected chi connectivity index (χ3v) is 6.38. The topological polar surface area (TPSA) is 33.5 Å². The lowest BCUT2D eigenvalue weighted by Gasteiger charge is -2.05. The van der Waals surface area contributed by atoms with Crippen LogP contribution in [-0.4, -0.2) is 54.6 Å². The molecule has 0 amide bonds. The van der Waals surface area contributed by atoms with Gasteiger partial charge in [0.2, 0.25) is 6.33 Å². The first-order chi connectivity index (χ1) is 20.9. The minimum absolute atomic E-state index is 0.636. The molecular weight excluding hydrogens is 532 g/mol. The molecule has 0 atom stereocenters. The highest BCUT2D eigenvalue weighted by atomic mass is 16.5. The summed E-state index contributed by atoms with van der Waals surface area (Å²) in [5.74, 6) is 14.6. The third-order valence-electron chi connectivity index (χ3n) is 6.38. The third kappa shape index (κ3) is 11.3. The minimum atomic E-state index is 0.636. The van der Waals surface area contributed by atoms with Gasteiger partial charge in [0, 0.05) is 49.2 Å². The van der Waals surface area contributed by atoms with Crippen molar-refractivity contribution in [2.45, 2.75) is 19.4 Å². The second kappa shape index (κ2) is 16.3. The zero-order valence-electron chi connectivity index (χ0n) is 25.4. The van der Waals surface area contributed by atoms with Crippen molar-refractivity contribution in [1.82, 2.24) is 9.47 Å². The number of benzene rings is 3. The normalized spacial score (nSPS) is 10.4. The molecule has 0 saturated heterocycles. The van der Waals surface area contributed by atoms with Crippen molar-refractivity contribution in [2.24, 2.45) is 7.05 Å². The molecule has 0 spiro atoms. The summed E-state index contributed by atoms with van der Waals surface area (Å²) < 4.78 is 17.8. The Morgan fingerprint density at radius 3 is 1.67 bits per heavy atom. The summed E-state index contributed by atoms with van der Waals surface area (Å²) in [4.78, 5) is 1.98. The van der Waals surface area contributed by atoms with Crippen LogP contribution in [0, 0.1) is 23.7 Å². The van der Waals surface area contributed by atoms with Gasteiger partial charge >= 0.3 is 0 Å². The monoisotopic (exact) mass is 572 g/mol. The van der Waals surface area contributed by atoms with E-state index in [0.29, 0.717) is 13.2 Å². The lowest BCUT2D eigenvalue weighted by molar-refractivity contribution is -0.696. The predicted octanol–water partition coefficient (Wildman–Crippen LogP) is 5.10. The molecular formula is C37H40N4O2+2. The number of ether oxygens (including phenoxy) is 2. The summed E-state index contributed by atoms with van der Waals surface area (Å²) in [6, 6.07) is 23.8. The average Bonchev–Trinajstić information content (AvgIpc) is 3.44. The second-order valence-electron chi connectivity index (χ2n) is 10.4. The highest BCUT2D eigenvalue weighted by Crippen LogP contribution is 2.13. The van der Waals surface area contributed by atoms with Crippen molar-refractivity contribution >= 4 is 6.72 Å². The lowest BCUT2D eigenvalue weighted by Crippen LogP contribution is -2.31. The van der Waals surface area contributed by atoms with Crippen molar-refractivity contribution < 1.29 is 18.6 Å². The van der Waals surface area contributed by atoms with Crippen LogP contribution >= 0.6 is 0 Å². The molecule has 0 N–H and O–H groups in total. The van der Waals surface area contributed by atoms with Crippen LogP contribution in [0.25, 0.3) is 0 Å². The fourth-order valence-electron chi connectivity index (χ4n) is 4.03. The lowest BCUT2D eigenvalue weighted by atomic mass is 10.1. The maximum absolute atomic E-state index is 5.87.